The van der Waals surface area contributed by atoms with Crippen LogP contribution in [-0.4, -0.2) is 4.92 Å². The van der Waals surface area contributed by atoms with Crippen LogP contribution in [0.4, 0.5) is 5.69 Å². The van der Waals surface area contributed by atoms with Gasteiger partial charge in [0.05, 0.1) is 9.40 Å². The lowest BCUT2D eigenvalue weighted by molar-refractivity contribution is -0.385. The number of nitro groups is 1. The minimum atomic E-state index is -0.445. The SMILES string of the molecule is Cc1ccc(Oc2ccc(I)cc2[N+](=O)[O-])c(Br)c1. The largest absolute Gasteiger partial charge is 0.449 e. The lowest BCUT2D eigenvalue weighted by atomic mass is 10.2. The normalized spacial score (nSPS) is 10.3. The van der Waals surface area contributed by atoms with Crippen LogP contribution in [0.1, 0.15) is 5.56 Å². The summed E-state index contributed by atoms with van der Waals surface area (Å²) < 4.78 is 7.18. The van der Waals surface area contributed by atoms with Crippen LogP contribution in [0, 0.1) is 20.6 Å². The number of nitro benzene ring substituents is 1. The smallest absolute Gasteiger partial charge is 0.312 e. The molecule has 0 aliphatic rings. The van der Waals surface area contributed by atoms with Gasteiger partial charge in [0.15, 0.2) is 0 Å². The molecule has 2 aromatic carbocycles. The van der Waals surface area contributed by atoms with Gasteiger partial charge in [0.1, 0.15) is 5.75 Å². The van der Waals surface area contributed by atoms with Crippen LogP contribution in [0.3, 0.4) is 0 Å². The van der Waals surface area contributed by atoms with E-state index < -0.39 is 4.92 Å². The van der Waals surface area contributed by atoms with Gasteiger partial charge in [-0.05, 0) is 75.3 Å². The Morgan fingerprint density at radius 3 is 2.53 bits per heavy atom. The maximum Gasteiger partial charge on any atom is 0.312 e. The van der Waals surface area contributed by atoms with Crippen LogP contribution in [0.15, 0.2) is 40.9 Å². The summed E-state index contributed by atoms with van der Waals surface area (Å²) in [5.74, 6) is 0.782. The Labute approximate surface area is 132 Å². The summed E-state index contributed by atoms with van der Waals surface area (Å²) in [5.41, 5.74) is 1.04. The molecule has 0 aliphatic heterocycles. The number of hydrogen-bond donors (Lipinski definition) is 0. The topological polar surface area (TPSA) is 52.4 Å². The maximum atomic E-state index is 11.0. The molecule has 0 saturated heterocycles. The summed E-state index contributed by atoms with van der Waals surface area (Å²) in [6.45, 7) is 1.96. The Hall–Kier alpha value is -1.15. The lowest BCUT2D eigenvalue weighted by Crippen LogP contribution is -1.94. The Bertz CT molecular complexity index is 646. The summed E-state index contributed by atoms with van der Waals surface area (Å²) >= 11 is 5.41. The fourth-order valence-electron chi connectivity index (χ4n) is 1.53. The summed E-state index contributed by atoms with van der Waals surface area (Å²) in [6.07, 6.45) is 0. The first-order chi connectivity index (χ1) is 8.97. The fraction of sp³-hybridized carbons (Fsp3) is 0.0769. The maximum absolute atomic E-state index is 11.0. The molecular formula is C13H9BrINO3. The second-order valence-corrected chi connectivity index (χ2v) is 6.01. The molecule has 0 bridgehead atoms. The molecule has 2 rings (SSSR count). The zero-order valence-corrected chi connectivity index (χ0v) is 13.6. The molecule has 19 heavy (non-hydrogen) atoms. The van der Waals surface area contributed by atoms with Crippen LogP contribution in [0.2, 0.25) is 0 Å². The summed E-state index contributed by atoms with van der Waals surface area (Å²) in [5, 5.41) is 11.0. The average molecular weight is 434 g/mol. The van der Waals surface area contributed by atoms with E-state index in [-0.39, 0.29) is 11.4 Å². The molecular weight excluding hydrogens is 425 g/mol. The van der Waals surface area contributed by atoms with Crippen molar-refractivity contribution in [2.24, 2.45) is 0 Å². The molecule has 0 unspecified atom stereocenters. The molecule has 0 fully saturated rings. The Morgan fingerprint density at radius 1 is 1.21 bits per heavy atom. The molecule has 0 aliphatic carbocycles. The molecule has 0 spiro atoms. The number of rotatable bonds is 3. The average Bonchev–Trinajstić information content (AvgIpc) is 2.34. The van der Waals surface area contributed by atoms with E-state index in [2.05, 4.69) is 15.9 Å². The minimum Gasteiger partial charge on any atom is -0.449 e. The predicted octanol–water partition coefficient (Wildman–Crippen LogP) is 5.06. The third-order valence-electron chi connectivity index (χ3n) is 2.42. The molecule has 0 heterocycles. The fourth-order valence-corrected chi connectivity index (χ4v) is 2.58. The monoisotopic (exact) mass is 433 g/mol. The summed E-state index contributed by atoms with van der Waals surface area (Å²) in [6, 6.07) is 10.4. The van der Waals surface area contributed by atoms with Crippen LogP contribution in [-0.2, 0) is 0 Å². The van der Waals surface area contributed by atoms with E-state index in [1.807, 2.05) is 41.6 Å². The van der Waals surface area contributed by atoms with Crippen molar-refractivity contribution in [1.82, 2.24) is 0 Å². The van der Waals surface area contributed by atoms with E-state index in [1.54, 1.807) is 18.2 Å². The molecule has 0 radical (unpaired) electrons. The van der Waals surface area contributed by atoms with E-state index >= 15 is 0 Å². The van der Waals surface area contributed by atoms with Gasteiger partial charge in [-0.2, -0.15) is 0 Å². The highest BCUT2D eigenvalue weighted by atomic mass is 127. The van der Waals surface area contributed by atoms with Gasteiger partial charge in [0.25, 0.3) is 0 Å². The number of halogens is 2. The molecule has 0 atom stereocenters. The zero-order chi connectivity index (χ0) is 14.0. The van der Waals surface area contributed by atoms with Crippen molar-refractivity contribution >= 4 is 44.2 Å². The van der Waals surface area contributed by atoms with Gasteiger partial charge in [-0.1, -0.05) is 6.07 Å². The number of nitrogens with zero attached hydrogens (tertiary/aromatic N) is 1. The highest BCUT2D eigenvalue weighted by Gasteiger charge is 2.17. The molecule has 0 saturated carbocycles. The van der Waals surface area contributed by atoms with E-state index in [1.165, 1.54) is 6.07 Å². The zero-order valence-electron chi connectivity index (χ0n) is 9.89. The lowest BCUT2D eigenvalue weighted by Gasteiger charge is -2.09. The molecule has 6 heteroatoms. The van der Waals surface area contributed by atoms with Crippen molar-refractivity contribution in [3.05, 3.63) is 60.1 Å². The first-order valence-corrected chi connectivity index (χ1v) is 7.22. The van der Waals surface area contributed by atoms with Gasteiger partial charge >= 0.3 is 5.69 Å². The summed E-state index contributed by atoms with van der Waals surface area (Å²) in [4.78, 5) is 10.6. The quantitative estimate of drug-likeness (QED) is 0.386. The standard InChI is InChI=1S/C13H9BrINO3/c1-8-2-4-12(10(14)6-8)19-13-5-3-9(15)7-11(13)16(17)18/h2-7H,1H3. The van der Waals surface area contributed by atoms with E-state index in [4.69, 9.17) is 4.74 Å². The van der Waals surface area contributed by atoms with Crippen molar-refractivity contribution in [2.45, 2.75) is 6.92 Å². The first-order valence-electron chi connectivity index (χ1n) is 5.35. The molecule has 0 amide bonds. The first kappa shape index (κ1) is 14.3. The molecule has 98 valence electrons. The number of aryl methyl sites for hydroxylation is 1. The third-order valence-corrected chi connectivity index (χ3v) is 3.72. The van der Waals surface area contributed by atoms with Crippen molar-refractivity contribution in [2.75, 3.05) is 0 Å². The second-order valence-electron chi connectivity index (χ2n) is 3.91. The van der Waals surface area contributed by atoms with Crippen molar-refractivity contribution in [1.29, 1.82) is 0 Å². The van der Waals surface area contributed by atoms with Gasteiger partial charge in [-0.15, -0.1) is 0 Å². The minimum absolute atomic E-state index is 0.0422. The van der Waals surface area contributed by atoms with Gasteiger partial charge in [-0.25, -0.2) is 0 Å². The highest BCUT2D eigenvalue weighted by Crippen LogP contribution is 2.36. The second kappa shape index (κ2) is 5.87. The highest BCUT2D eigenvalue weighted by molar-refractivity contribution is 14.1. The van der Waals surface area contributed by atoms with Crippen LogP contribution in [0.25, 0.3) is 0 Å². The number of ether oxygens (including phenoxy) is 1. The van der Waals surface area contributed by atoms with Crippen molar-refractivity contribution < 1.29 is 9.66 Å². The van der Waals surface area contributed by atoms with Gasteiger partial charge in [0.2, 0.25) is 5.75 Å². The van der Waals surface area contributed by atoms with Gasteiger partial charge < -0.3 is 4.74 Å². The third kappa shape index (κ3) is 3.44. The number of hydrogen-bond acceptors (Lipinski definition) is 3. The van der Waals surface area contributed by atoms with E-state index in [0.717, 1.165) is 13.6 Å². The Morgan fingerprint density at radius 2 is 1.89 bits per heavy atom. The predicted molar refractivity (Wildman–Crippen MR) is 84.8 cm³/mol. The number of benzene rings is 2. The van der Waals surface area contributed by atoms with Crippen molar-refractivity contribution in [3.8, 4) is 11.5 Å². The summed E-state index contributed by atoms with van der Waals surface area (Å²) in [7, 11) is 0. The van der Waals surface area contributed by atoms with Crippen LogP contribution >= 0.6 is 38.5 Å². The Kier molecular flexibility index (Phi) is 4.41. The molecule has 2 aromatic rings. The van der Waals surface area contributed by atoms with Crippen LogP contribution in [0.5, 0.6) is 11.5 Å². The molecule has 0 N–H and O–H groups in total. The Balaban J connectivity index is 2.40. The van der Waals surface area contributed by atoms with Crippen LogP contribution < -0.4 is 4.74 Å². The van der Waals surface area contributed by atoms with Crippen molar-refractivity contribution in [3.63, 3.8) is 0 Å². The van der Waals surface area contributed by atoms with E-state index in [9.17, 15) is 10.1 Å². The molecule has 4 nitrogen and oxygen atoms in total. The van der Waals surface area contributed by atoms with Gasteiger partial charge in [-0.3, -0.25) is 10.1 Å². The van der Waals surface area contributed by atoms with Gasteiger partial charge in [0, 0.05) is 9.64 Å². The van der Waals surface area contributed by atoms with E-state index in [0.29, 0.717) is 5.75 Å². The molecule has 0 aromatic heterocycles.